The minimum atomic E-state index is -0.701. The molecule has 0 aliphatic heterocycles. The molecular weight excluding hydrogens is 270 g/mol. The number of carbonyl (C=O) groups is 2. The third-order valence-corrected chi connectivity index (χ3v) is 2.64. The van der Waals surface area contributed by atoms with Gasteiger partial charge < -0.3 is 16.8 Å². The van der Waals surface area contributed by atoms with E-state index in [-0.39, 0.29) is 22.6 Å². The maximum atomic E-state index is 12.0. The molecule has 2 amide bonds. The summed E-state index contributed by atoms with van der Waals surface area (Å²) >= 11 is 5.74. The maximum absolute atomic E-state index is 12.0. The van der Waals surface area contributed by atoms with E-state index in [9.17, 15) is 9.59 Å². The van der Waals surface area contributed by atoms with Gasteiger partial charge in [0.1, 0.15) is 11.4 Å². The van der Waals surface area contributed by atoms with Crippen LogP contribution in [0.3, 0.4) is 0 Å². The summed E-state index contributed by atoms with van der Waals surface area (Å²) in [5.41, 5.74) is 11.4. The Morgan fingerprint density at radius 1 is 1.32 bits per heavy atom. The molecule has 0 saturated heterocycles. The lowest BCUT2D eigenvalue weighted by atomic mass is 10.1. The lowest BCUT2D eigenvalue weighted by molar-refractivity contribution is 0.100. The first-order valence-corrected chi connectivity index (χ1v) is 5.56. The van der Waals surface area contributed by atoms with E-state index in [1.807, 2.05) is 0 Å². The molecule has 8 heteroatoms. The first-order valence-electron chi connectivity index (χ1n) is 5.18. The summed E-state index contributed by atoms with van der Waals surface area (Å²) in [6, 6.07) is 4.47. The number of primary amides is 1. The number of amides is 2. The van der Waals surface area contributed by atoms with Gasteiger partial charge in [-0.25, -0.2) is 0 Å². The van der Waals surface area contributed by atoms with E-state index in [1.165, 1.54) is 24.4 Å². The summed E-state index contributed by atoms with van der Waals surface area (Å²) in [7, 11) is 0. The fraction of sp³-hybridized carbons (Fsp3) is 0. The van der Waals surface area contributed by atoms with Gasteiger partial charge in [-0.2, -0.15) is 5.10 Å². The number of halogens is 1. The monoisotopic (exact) mass is 279 g/mol. The molecule has 0 aliphatic carbocycles. The number of benzene rings is 1. The molecule has 2 rings (SSSR count). The number of aromatic nitrogens is 2. The van der Waals surface area contributed by atoms with Gasteiger partial charge in [-0.05, 0) is 18.2 Å². The molecule has 6 N–H and O–H groups in total. The van der Waals surface area contributed by atoms with Gasteiger partial charge in [0.2, 0.25) is 0 Å². The van der Waals surface area contributed by atoms with Gasteiger partial charge >= 0.3 is 0 Å². The van der Waals surface area contributed by atoms with Crippen molar-refractivity contribution in [2.75, 3.05) is 11.1 Å². The minimum absolute atomic E-state index is 0.0842. The number of aromatic amines is 1. The smallest absolute Gasteiger partial charge is 0.258 e. The Kier molecular flexibility index (Phi) is 3.39. The van der Waals surface area contributed by atoms with Crippen molar-refractivity contribution in [2.45, 2.75) is 0 Å². The minimum Gasteiger partial charge on any atom is -0.398 e. The molecule has 0 unspecified atom stereocenters. The SMILES string of the molecule is NC(=O)c1cn[nH]c1NC(=O)c1ccc(Cl)cc1N. The largest absolute Gasteiger partial charge is 0.398 e. The van der Waals surface area contributed by atoms with Crippen molar-refractivity contribution in [3.63, 3.8) is 0 Å². The number of nitrogens with two attached hydrogens (primary N) is 2. The summed E-state index contributed by atoms with van der Waals surface area (Å²) < 4.78 is 0. The molecule has 2 aromatic rings. The van der Waals surface area contributed by atoms with Gasteiger partial charge in [0, 0.05) is 10.7 Å². The molecule has 0 atom stereocenters. The quantitative estimate of drug-likeness (QED) is 0.625. The van der Waals surface area contributed by atoms with Crippen LogP contribution in [0.2, 0.25) is 5.02 Å². The highest BCUT2D eigenvalue weighted by Crippen LogP contribution is 2.19. The molecule has 0 bridgehead atoms. The first kappa shape index (κ1) is 12.9. The van der Waals surface area contributed by atoms with Crippen LogP contribution >= 0.6 is 11.6 Å². The second-order valence-electron chi connectivity index (χ2n) is 3.71. The van der Waals surface area contributed by atoms with Crippen LogP contribution in [0.4, 0.5) is 11.5 Å². The predicted octanol–water partition coefficient (Wildman–Crippen LogP) is 0.996. The highest BCUT2D eigenvalue weighted by atomic mass is 35.5. The Hall–Kier alpha value is -2.54. The molecule has 98 valence electrons. The van der Waals surface area contributed by atoms with E-state index in [0.29, 0.717) is 5.02 Å². The highest BCUT2D eigenvalue weighted by molar-refractivity contribution is 6.31. The van der Waals surface area contributed by atoms with E-state index in [4.69, 9.17) is 23.1 Å². The van der Waals surface area contributed by atoms with Crippen LogP contribution in [0, 0.1) is 0 Å². The lowest BCUT2D eigenvalue weighted by Crippen LogP contribution is -2.18. The molecule has 0 radical (unpaired) electrons. The van der Waals surface area contributed by atoms with Crippen molar-refractivity contribution in [1.29, 1.82) is 0 Å². The number of hydrogen-bond donors (Lipinski definition) is 4. The average Bonchev–Trinajstić information content (AvgIpc) is 2.76. The molecule has 1 aromatic heterocycles. The summed E-state index contributed by atoms with van der Waals surface area (Å²) in [4.78, 5) is 23.1. The van der Waals surface area contributed by atoms with Crippen molar-refractivity contribution in [3.8, 4) is 0 Å². The lowest BCUT2D eigenvalue weighted by Gasteiger charge is -2.07. The van der Waals surface area contributed by atoms with Crippen LogP contribution in [0.15, 0.2) is 24.4 Å². The number of hydrogen-bond acceptors (Lipinski definition) is 4. The van der Waals surface area contributed by atoms with Gasteiger partial charge in [0.25, 0.3) is 11.8 Å². The van der Waals surface area contributed by atoms with E-state index in [0.717, 1.165) is 0 Å². The Labute approximate surface area is 112 Å². The fourth-order valence-electron chi connectivity index (χ4n) is 1.49. The van der Waals surface area contributed by atoms with Crippen LogP contribution < -0.4 is 16.8 Å². The number of carbonyl (C=O) groups excluding carboxylic acids is 2. The van der Waals surface area contributed by atoms with Crippen molar-refractivity contribution in [2.24, 2.45) is 5.73 Å². The first-order chi connectivity index (χ1) is 8.99. The van der Waals surface area contributed by atoms with Crippen molar-refractivity contribution in [3.05, 3.63) is 40.5 Å². The average molecular weight is 280 g/mol. The van der Waals surface area contributed by atoms with Crippen LogP contribution in [-0.2, 0) is 0 Å². The van der Waals surface area contributed by atoms with Crippen molar-refractivity contribution < 1.29 is 9.59 Å². The normalized spacial score (nSPS) is 10.2. The zero-order chi connectivity index (χ0) is 14.0. The Morgan fingerprint density at radius 3 is 2.68 bits per heavy atom. The van der Waals surface area contributed by atoms with E-state index in [2.05, 4.69) is 15.5 Å². The molecular formula is C11H10ClN5O2. The summed E-state index contributed by atoms with van der Waals surface area (Å²) in [5, 5.41) is 8.99. The summed E-state index contributed by atoms with van der Waals surface area (Å²) in [6.45, 7) is 0. The third kappa shape index (κ3) is 2.66. The molecule has 0 spiro atoms. The topological polar surface area (TPSA) is 127 Å². The number of nitrogens with one attached hydrogen (secondary N) is 2. The van der Waals surface area contributed by atoms with Gasteiger partial charge in [-0.1, -0.05) is 11.6 Å². The van der Waals surface area contributed by atoms with Crippen LogP contribution in [-0.4, -0.2) is 22.0 Å². The number of nitrogens with zero attached hydrogens (tertiary/aromatic N) is 1. The van der Waals surface area contributed by atoms with Crippen LogP contribution in [0.5, 0.6) is 0 Å². The molecule has 0 aliphatic rings. The Bertz CT molecular complexity index is 652. The molecule has 1 aromatic carbocycles. The molecule has 19 heavy (non-hydrogen) atoms. The second kappa shape index (κ2) is 4.99. The van der Waals surface area contributed by atoms with Crippen LogP contribution in [0.25, 0.3) is 0 Å². The standard InChI is InChI=1S/C11H10ClN5O2/c12-5-1-2-6(8(13)3-5)11(19)16-10-7(9(14)18)4-15-17-10/h1-4H,13H2,(H2,14,18)(H2,15,16,17,19). The van der Waals surface area contributed by atoms with Crippen molar-refractivity contribution >= 4 is 34.9 Å². The molecule has 7 nitrogen and oxygen atoms in total. The highest BCUT2D eigenvalue weighted by Gasteiger charge is 2.16. The number of H-pyrrole nitrogens is 1. The van der Waals surface area contributed by atoms with Gasteiger partial charge in [-0.15, -0.1) is 0 Å². The molecule has 0 saturated carbocycles. The number of rotatable bonds is 3. The van der Waals surface area contributed by atoms with E-state index in [1.54, 1.807) is 0 Å². The molecule has 0 fully saturated rings. The Balaban J connectivity index is 2.26. The van der Waals surface area contributed by atoms with Crippen molar-refractivity contribution in [1.82, 2.24) is 10.2 Å². The van der Waals surface area contributed by atoms with Gasteiger partial charge in [-0.3, -0.25) is 14.7 Å². The zero-order valence-electron chi connectivity index (χ0n) is 9.61. The van der Waals surface area contributed by atoms with Gasteiger partial charge in [0.15, 0.2) is 0 Å². The number of nitrogen functional groups attached to an aromatic ring is 1. The summed E-state index contributed by atoms with van der Waals surface area (Å²) in [5.74, 6) is -1.08. The predicted molar refractivity (Wildman–Crippen MR) is 70.9 cm³/mol. The zero-order valence-corrected chi connectivity index (χ0v) is 10.4. The summed E-state index contributed by atoms with van der Waals surface area (Å²) in [6.07, 6.45) is 1.23. The maximum Gasteiger partial charge on any atom is 0.258 e. The fourth-order valence-corrected chi connectivity index (χ4v) is 1.67. The van der Waals surface area contributed by atoms with E-state index < -0.39 is 11.8 Å². The second-order valence-corrected chi connectivity index (χ2v) is 4.15. The van der Waals surface area contributed by atoms with Crippen LogP contribution in [0.1, 0.15) is 20.7 Å². The third-order valence-electron chi connectivity index (χ3n) is 2.40. The van der Waals surface area contributed by atoms with Gasteiger partial charge in [0.05, 0.1) is 11.8 Å². The molecule has 1 heterocycles. The Morgan fingerprint density at radius 2 is 2.05 bits per heavy atom. The number of anilines is 2. The van der Waals surface area contributed by atoms with E-state index >= 15 is 0 Å².